The number of amides is 1. The van der Waals surface area contributed by atoms with Crippen molar-refractivity contribution in [3.8, 4) is 17.2 Å². The fourth-order valence-corrected chi connectivity index (χ4v) is 4.09. The number of likely N-dealkylation sites (tertiary alicyclic amines) is 1. The Balaban J connectivity index is 2.12. The zero-order valence-electron chi connectivity index (χ0n) is 22.1. The van der Waals surface area contributed by atoms with Gasteiger partial charge < -0.3 is 29.1 Å². The fraction of sp³-hybridized carbons (Fsp3) is 0.429. The quantitative estimate of drug-likeness (QED) is 0.299. The molecule has 1 saturated heterocycles. The predicted molar refractivity (Wildman–Crippen MR) is 139 cm³/mol. The average molecular weight is 497 g/mol. The van der Waals surface area contributed by atoms with Crippen molar-refractivity contribution >= 4 is 17.4 Å². The number of nitrogens with zero attached hydrogens (tertiary/aromatic N) is 2. The number of aliphatic hydroxyl groups excluding tert-OH is 1. The highest BCUT2D eigenvalue weighted by molar-refractivity contribution is 6.46. The van der Waals surface area contributed by atoms with Gasteiger partial charge >= 0.3 is 0 Å². The number of benzene rings is 2. The van der Waals surface area contributed by atoms with Gasteiger partial charge in [0.05, 0.1) is 30.9 Å². The molecule has 1 atom stereocenters. The van der Waals surface area contributed by atoms with E-state index in [1.54, 1.807) is 42.5 Å². The van der Waals surface area contributed by atoms with E-state index >= 15 is 0 Å². The van der Waals surface area contributed by atoms with Crippen LogP contribution in [0.4, 0.5) is 0 Å². The molecule has 8 nitrogen and oxygen atoms in total. The summed E-state index contributed by atoms with van der Waals surface area (Å²) in [5.74, 6) is 0.0833. The van der Waals surface area contributed by atoms with E-state index in [-0.39, 0.29) is 23.5 Å². The molecule has 0 saturated carbocycles. The van der Waals surface area contributed by atoms with Gasteiger partial charge in [-0.15, -0.1) is 0 Å². The lowest BCUT2D eigenvalue weighted by molar-refractivity contribution is -0.140. The number of likely N-dealkylation sites (N-methyl/N-ethyl adjacent to an activating group) is 1. The summed E-state index contributed by atoms with van der Waals surface area (Å²) in [6, 6.07) is 11.3. The molecule has 0 spiro atoms. The first-order valence-electron chi connectivity index (χ1n) is 12.1. The van der Waals surface area contributed by atoms with Gasteiger partial charge in [-0.1, -0.05) is 6.07 Å². The van der Waals surface area contributed by atoms with E-state index in [1.165, 1.54) is 12.0 Å². The number of rotatable bonds is 10. The third kappa shape index (κ3) is 5.99. The molecule has 3 rings (SSSR count). The molecule has 1 unspecified atom stereocenters. The maximum atomic E-state index is 13.2. The number of ketones is 1. The number of Topliss-reactive ketones (excluding diaryl/α,β-unsaturated/α-hetero) is 1. The molecule has 1 aliphatic rings. The predicted octanol–water partition coefficient (Wildman–Crippen LogP) is 4.25. The second-order valence-corrected chi connectivity index (χ2v) is 9.56. The highest BCUT2D eigenvalue weighted by Crippen LogP contribution is 2.42. The molecule has 2 aromatic rings. The van der Waals surface area contributed by atoms with Gasteiger partial charge in [0, 0.05) is 18.7 Å². The van der Waals surface area contributed by atoms with Crippen molar-refractivity contribution in [1.82, 2.24) is 9.80 Å². The number of hydrogen-bond acceptors (Lipinski definition) is 7. The van der Waals surface area contributed by atoms with Gasteiger partial charge in [-0.25, -0.2) is 0 Å². The number of aliphatic hydroxyl groups is 1. The summed E-state index contributed by atoms with van der Waals surface area (Å²) in [6.07, 6.45) is -0.0535. The molecule has 1 N–H and O–H groups in total. The number of methoxy groups -OCH3 is 1. The Morgan fingerprint density at radius 2 is 1.61 bits per heavy atom. The van der Waals surface area contributed by atoms with E-state index in [0.717, 1.165) is 0 Å². The van der Waals surface area contributed by atoms with Gasteiger partial charge in [-0.3, -0.25) is 9.59 Å². The van der Waals surface area contributed by atoms with E-state index in [2.05, 4.69) is 0 Å². The molecule has 1 aliphatic heterocycles. The lowest BCUT2D eigenvalue weighted by Crippen LogP contribution is -2.35. The normalized spacial score (nSPS) is 17.4. The Morgan fingerprint density at radius 1 is 0.972 bits per heavy atom. The molecule has 0 aromatic heterocycles. The fourth-order valence-electron chi connectivity index (χ4n) is 4.09. The van der Waals surface area contributed by atoms with E-state index in [1.807, 2.05) is 46.7 Å². The van der Waals surface area contributed by atoms with E-state index in [4.69, 9.17) is 14.2 Å². The summed E-state index contributed by atoms with van der Waals surface area (Å²) in [5, 5.41) is 11.3. The van der Waals surface area contributed by atoms with Crippen molar-refractivity contribution in [3.63, 3.8) is 0 Å². The monoisotopic (exact) mass is 496 g/mol. The molecule has 0 aliphatic carbocycles. The van der Waals surface area contributed by atoms with E-state index in [9.17, 15) is 14.7 Å². The van der Waals surface area contributed by atoms with Crippen LogP contribution in [0.25, 0.3) is 5.76 Å². The number of ether oxygens (including phenoxy) is 3. The Kier molecular flexibility index (Phi) is 8.63. The topological polar surface area (TPSA) is 88.5 Å². The Labute approximate surface area is 213 Å². The molecule has 36 heavy (non-hydrogen) atoms. The van der Waals surface area contributed by atoms with Gasteiger partial charge in [0.1, 0.15) is 11.5 Å². The zero-order chi connectivity index (χ0) is 26.6. The smallest absolute Gasteiger partial charge is 0.295 e. The third-order valence-corrected chi connectivity index (χ3v) is 5.69. The highest BCUT2D eigenvalue weighted by atomic mass is 16.5. The second kappa shape index (κ2) is 11.5. The van der Waals surface area contributed by atoms with Crippen molar-refractivity contribution in [2.24, 2.45) is 0 Å². The number of carbonyl (C=O) groups is 2. The van der Waals surface area contributed by atoms with Gasteiger partial charge in [0.2, 0.25) is 0 Å². The van der Waals surface area contributed by atoms with Crippen molar-refractivity contribution in [1.29, 1.82) is 0 Å². The van der Waals surface area contributed by atoms with Crippen molar-refractivity contribution < 1.29 is 28.9 Å². The summed E-state index contributed by atoms with van der Waals surface area (Å²) >= 11 is 0. The molecule has 2 aromatic carbocycles. The summed E-state index contributed by atoms with van der Waals surface area (Å²) < 4.78 is 17.1. The van der Waals surface area contributed by atoms with Crippen LogP contribution >= 0.6 is 0 Å². The van der Waals surface area contributed by atoms with E-state index in [0.29, 0.717) is 41.5 Å². The minimum atomic E-state index is -0.779. The van der Waals surface area contributed by atoms with Gasteiger partial charge in [-0.2, -0.15) is 0 Å². The summed E-state index contributed by atoms with van der Waals surface area (Å²) in [6.45, 7) is 8.55. The first-order valence-corrected chi connectivity index (χ1v) is 12.1. The third-order valence-electron chi connectivity index (χ3n) is 5.69. The first-order chi connectivity index (χ1) is 17.0. The van der Waals surface area contributed by atoms with E-state index < -0.39 is 17.7 Å². The maximum absolute atomic E-state index is 13.2. The largest absolute Gasteiger partial charge is 0.507 e. The standard InChI is InChI=1S/C28H36N2O6/c1-17(2)35-21-11-8-19(9-12-21)26(31)24-25(30(15-14-29(5)6)28(33)27(24)32)20-10-13-22(36-18(3)4)23(16-20)34-7/h8-13,16-18,25,31H,14-15H2,1-7H3/b26-24+. The minimum absolute atomic E-state index is 0.00379. The van der Waals surface area contributed by atoms with Crippen LogP contribution in [-0.2, 0) is 9.59 Å². The lowest BCUT2D eigenvalue weighted by atomic mass is 9.95. The Bertz CT molecular complexity index is 1120. The highest BCUT2D eigenvalue weighted by Gasteiger charge is 2.46. The minimum Gasteiger partial charge on any atom is -0.507 e. The molecular weight excluding hydrogens is 460 g/mol. The molecule has 0 radical (unpaired) electrons. The van der Waals surface area contributed by atoms with Crippen LogP contribution in [0.5, 0.6) is 17.2 Å². The van der Waals surface area contributed by atoms with Crippen LogP contribution in [-0.4, -0.2) is 73.1 Å². The van der Waals surface area contributed by atoms with Crippen molar-refractivity contribution in [3.05, 3.63) is 59.2 Å². The summed E-state index contributed by atoms with van der Waals surface area (Å²) in [7, 11) is 5.33. The molecule has 1 heterocycles. The van der Waals surface area contributed by atoms with Crippen molar-refractivity contribution in [2.75, 3.05) is 34.3 Å². The first kappa shape index (κ1) is 27.1. The van der Waals surface area contributed by atoms with Gasteiger partial charge in [0.25, 0.3) is 11.7 Å². The van der Waals surface area contributed by atoms with Crippen LogP contribution in [0.2, 0.25) is 0 Å². The molecule has 8 heteroatoms. The summed E-state index contributed by atoms with van der Waals surface area (Å²) in [5.41, 5.74) is 1.10. The lowest BCUT2D eigenvalue weighted by Gasteiger charge is -2.27. The zero-order valence-corrected chi connectivity index (χ0v) is 22.1. The van der Waals surface area contributed by atoms with Gasteiger partial charge in [-0.05, 0) is 83.8 Å². The van der Waals surface area contributed by atoms with Crippen LogP contribution in [0, 0.1) is 0 Å². The SMILES string of the molecule is COc1cc(C2/C(=C(\O)c3ccc(OC(C)C)cc3)C(=O)C(=O)N2CCN(C)C)ccc1OC(C)C. The average Bonchev–Trinajstić information content (AvgIpc) is 3.07. The molecule has 194 valence electrons. The Hall–Kier alpha value is -3.52. The van der Waals surface area contributed by atoms with Gasteiger partial charge in [0.15, 0.2) is 11.5 Å². The number of carbonyl (C=O) groups excluding carboxylic acids is 2. The maximum Gasteiger partial charge on any atom is 0.295 e. The molecule has 1 fully saturated rings. The van der Waals surface area contributed by atoms with Crippen LogP contribution in [0.3, 0.4) is 0 Å². The van der Waals surface area contributed by atoms with Crippen LogP contribution < -0.4 is 14.2 Å². The second-order valence-electron chi connectivity index (χ2n) is 9.56. The van der Waals surface area contributed by atoms with Crippen LogP contribution in [0.1, 0.15) is 44.9 Å². The van der Waals surface area contributed by atoms with Crippen molar-refractivity contribution in [2.45, 2.75) is 45.9 Å². The molecule has 0 bridgehead atoms. The summed E-state index contributed by atoms with van der Waals surface area (Å²) in [4.78, 5) is 29.8. The molecule has 1 amide bonds. The van der Waals surface area contributed by atoms with Crippen LogP contribution in [0.15, 0.2) is 48.0 Å². The number of hydrogen-bond donors (Lipinski definition) is 1. The molecular formula is C28H36N2O6. The Morgan fingerprint density at radius 3 is 2.17 bits per heavy atom.